The number of hydrogen-bond donors (Lipinski definition) is 0. The molecule has 2 aliphatic heterocycles. The molecule has 0 atom stereocenters. The lowest BCUT2D eigenvalue weighted by Gasteiger charge is -2.49. The van der Waals surface area contributed by atoms with Gasteiger partial charge in [0.15, 0.2) is 0 Å². The average molecular weight is 797 g/mol. The summed E-state index contributed by atoms with van der Waals surface area (Å²) in [7, 11) is 0. The van der Waals surface area contributed by atoms with Crippen LogP contribution < -0.4 is 4.90 Å². The summed E-state index contributed by atoms with van der Waals surface area (Å²) in [6, 6.07) is 79.6. The topological polar surface area (TPSA) is 26.0 Å². The highest BCUT2D eigenvalue weighted by Gasteiger charge is 2.51. The van der Waals surface area contributed by atoms with Crippen LogP contribution in [0.2, 0.25) is 0 Å². The Hall–Kier alpha value is -7.60. The van der Waals surface area contributed by atoms with E-state index in [-0.39, 0.29) is 0 Å². The Kier molecular flexibility index (Phi) is 7.42. The maximum absolute atomic E-state index is 5.19. The van der Waals surface area contributed by atoms with Crippen molar-refractivity contribution in [1.82, 2.24) is 14.1 Å². The van der Waals surface area contributed by atoms with E-state index < -0.39 is 5.41 Å². The van der Waals surface area contributed by atoms with E-state index in [4.69, 9.17) is 4.98 Å². The van der Waals surface area contributed by atoms with E-state index in [1.165, 1.54) is 65.2 Å². The highest BCUT2D eigenvalue weighted by molar-refractivity contribution is 7.99. The van der Waals surface area contributed by atoms with Crippen molar-refractivity contribution in [1.29, 1.82) is 0 Å². The van der Waals surface area contributed by atoms with Gasteiger partial charge in [-0.3, -0.25) is 4.57 Å². The van der Waals surface area contributed by atoms with E-state index in [1.807, 2.05) is 11.8 Å². The van der Waals surface area contributed by atoms with Crippen LogP contribution in [0.5, 0.6) is 0 Å². The number of imidazole rings is 1. The van der Waals surface area contributed by atoms with E-state index in [0.29, 0.717) is 0 Å². The Morgan fingerprint density at radius 1 is 0.393 bits per heavy atom. The fraction of sp³-hybridized carbons (Fsp3) is 0.0179. The lowest BCUT2D eigenvalue weighted by Crippen LogP contribution is -2.39. The van der Waals surface area contributed by atoms with Gasteiger partial charge >= 0.3 is 0 Å². The quantitative estimate of drug-likeness (QED) is 0.177. The second kappa shape index (κ2) is 13.2. The van der Waals surface area contributed by atoms with Gasteiger partial charge in [-0.15, -0.1) is 0 Å². The molecule has 0 amide bonds. The van der Waals surface area contributed by atoms with Gasteiger partial charge in [-0.1, -0.05) is 145 Å². The summed E-state index contributed by atoms with van der Waals surface area (Å²) in [6.07, 6.45) is 0. The van der Waals surface area contributed by atoms with Crippen molar-refractivity contribution in [3.05, 3.63) is 241 Å². The first kappa shape index (κ1) is 34.3. The van der Waals surface area contributed by atoms with Crippen LogP contribution in [0.1, 0.15) is 22.3 Å². The highest BCUT2D eigenvalue weighted by atomic mass is 32.2. The number of hydrogen-bond acceptors (Lipinski definition) is 3. The lowest BCUT2D eigenvalue weighted by molar-refractivity contribution is 0.694. The zero-order valence-corrected chi connectivity index (χ0v) is 33.8. The minimum atomic E-state index is -0.578. The highest BCUT2D eigenvalue weighted by Crippen LogP contribution is 2.64. The molecule has 4 heterocycles. The number of fused-ring (bicyclic) bond motifs is 13. The normalized spacial score (nSPS) is 13.6. The number of anilines is 3. The van der Waals surface area contributed by atoms with E-state index in [2.05, 4.69) is 232 Å². The molecule has 0 radical (unpaired) electrons. The maximum atomic E-state index is 5.19. The summed E-state index contributed by atoms with van der Waals surface area (Å²) in [5.74, 6) is 0.923. The molecule has 5 heteroatoms. The van der Waals surface area contributed by atoms with E-state index in [9.17, 15) is 0 Å². The summed E-state index contributed by atoms with van der Waals surface area (Å²) in [4.78, 5) is 10.2. The van der Waals surface area contributed by atoms with Crippen LogP contribution in [-0.4, -0.2) is 14.1 Å². The van der Waals surface area contributed by atoms with Crippen molar-refractivity contribution >= 4 is 61.7 Å². The van der Waals surface area contributed by atoms with Gasteiger partial charge in [0, 0.05) is 43.2 Å². The van der Waals surface area contributed by atoms with E-state index in [0.717, 1.165) is 39.5 Å². The molecule has 0 unspecified atom stereocenters. The molecular weight excluding hydrogens is 761 g/mol. The summed E-state index contributed by atoms with van der Waals surface area (Å²) in [6.45, 7) is 0. The smallest absolute Gasteiger partial charge is 0.145 e. The third kappa shape index (κ3) is 4.81. The van der Waals surface area contributed by atoms with Gasteiger partial charge in [0.2, 0.25) is 0 Å². The van der Waals surface area contributed by atoms with Crippen LogP contribution in [0.25, 0.3) is 55.6 Å². The second-order valence-electron chi connectivity index (χ2n) is 15.9. The van der Waals surface area contributed by atoms with Gasteiger partial charge < -0.3 is 9.47 Å². The molecule has 0 aliphatic carbocycles. The van der Waals surface area contributed by atoms with Crippen molar-refractivity contribution in [2.75, 3.05) is 4.90 Å². The molecule has 0 saturated carbocycles. The van der Waals surface area contributed by atoms with Gasteiger partial charge in [-0.2, -0.15) is 0 Å². The van der Waals surface area contributed by atoms with Gasteiger partial charge in [0.1, 0.15) is 5.82 Å². The van der Waals surface area contributed by atoms with Gasteiger partial charge in [-0.25, -0.2) is 4.98 Å². The molecule has 2 aliphatic rings. The first-order chi connectivity index (χ1) is 30.3. The summed E-state index contributed by atoms with van der Waals surface area (Å²) in [5, 5.41) is 2.48. The average Bonchev–Trinajstić information content (AvgIpc) is 3.89. The van der Waals surface area contributed by atoms with Crippen LogP contribution in [0, 0.1) is 0 Å². The number of benzene rings is 9. The Bertz CT molecular complexity index is 3460. The molecule has 4 nitrogen and oxygen atoms in total. The van der Waals surface area contributed by atoms with Crippen molar-refractivity contribution in [3.63, 3.8) is 0 Å². The summed E-state index contributed by atoms with van der Waals surface area (Å²) >= 11 is 1.90. The minimum absolute atomic E-state index is 0.578. The minimum Gasteiger partial charge on any atom is -0.310 e. The number of para-hydroxylation sites is 7. The Morgan fingerprint density at radius 3 is 1.70 bits per heavy atom. The Balaban J connectivity index is 1.08. The van der Waals surface area contributed by atoms with Crippen molar-refractivity contribution in [2.24, 2.45) is 0 Å². The maximum Gasteiger partial charge on any atom is 0.145 e. The van der Waals surface area contributed by atoms with Crippen LogP contribution in [0.15, 0.2) is 228 Å². The summed E-state index contributed by atoms with van der Waals surface area (Å²) < 4.78 is 4.77. The van der Waals surface area contributed by atoms with Crippen LogP contribution >= 0.6 is 11.8 Å². The van der Waals surface area contributed by atoms with Gasteiger partial charge in [0.05, 0.1) is 38.9 Å². The van der Waals surface area contributed by atoms with Crippen LogP contribution in [0.4, 0.5) is 17.1 Å². The SMILES string of the molecule is c1ccc(N2c3ccccc3C3(c4ccccc4Sc4c3ccc3c5ccccc5n(-c5ccc(-c6nc7ccccc7n6-c6ccccc6)cc5)c43)c3ccccc32)cc1. The molecule has 286 valence electrons. The summed E-state index contributed by atoms with van der Waals surface area (Å²) in [5.41, 5.74) is 15.9. The largest absolute Gasteiger partial charge is 0.310 e. The first-order valence-corrected chi connectivity index (χ1v) is 21.6. The molecule has 2 aromatic heterocycles. The predicted octanol–water partition coefficient (Wildman–Crippen LogP) is 14.4. The predicted molar refractivity (Wildman–Crippen MR) is 252 cm³/mol. The van der Waals surface area contributed by atoms with Crippen molar-refractivity contribution < 1.29 is 0 Å². The van der Waals surface area contributed by atoms with Gasteiger partial charge in [-0.05, 0) is 107 Å². The van der Waals surface area contributed by atoms with Crippen molar-refractivity contribution in [2.45, 2.75) is 15.2 Å². The molecule has 0 fully saturated rings. The Morgan fingerprint density at radius 2 is 0.967 bits per heavy atom. The van der Waals surface area contributed by atoms with Gasteiger partial charge in [0.25, 0.3) is 0 Å². The van der Waals surface area contributed by atoms with E-state index in [1.54, 1.807) is 0 Å². The molecule has 9 aromatic carbocycles. The molecular formula is C56H36N4S. The van der Waals surface area contributed by atoms with Crippen LogP contribution in [-0.2, 0) is 5.41 Å². The molecule has 11 aromatic rings. The van der Waals surface area contributed by atoms with E-state index >= 15 is 0 Å². The second-order valence-corrected chi connectivity index (χ2v) is 16.9. The Labute approximate surface area is 357 Å². The molecule has 0 bridgehead atoms. The fourth-order valence-electron chi connectivity index (χ4n) is 10.3. The molecule has 61 heavy (non-hydrogen) atoms. The fourth-order valence-corrected chi connectivity index (χ4v) is 11.6. The third-order valence-electron chi connectivity index (χ3n) is 12.8. The number of nitrogens with zero attached hydrogens (tertiary/aromatic N) is 4. The lowest BCUT2D eigenvalue weighted by atomic mass is 9.62. The molecule has 1 spiro atoms. The zero-order chi connectivity index (χ0) is 40.1. The zero-order valence-electron chi connectivity index (χ0n) is 33.0. The first-order valence-electron chi connectivity index (χ1n) is 20.8. The number of rotatable bonds is 4. The molecule has 0 saturated heterocycles. The third-order valence-corrected chi connectivity index (χ3v) is 14.0. The van der Waals surface area contributed by atoms with Crippen molar-refractivity contribution in [3.8, 4) is 22.8 Å². The monoisotopic (exact) mass is 796 g/mol. The standard InChI is InChI=1S/C56H36N4S/c1-3-17-38(18-4-1)58-49-27-13-8-22-43(49)56(44-23-9-14-28-50(44)58)45-24-10-16-30-52(45)61-54-46(56)36-35-42-41-21-7-12-26-48(41)59(53(42)54)40-33-31-37(32-34-40)55-57-47-25-11-15-29-51(47)60(55)39-19-5-2-6-20-39/h1-36H. The molecule has 0 N–H and O–H groups in total. The van der Waals surface area contributed by atoms with Crippen LogP contribution in [0.3, 0.4) is 0 Å². The molecule has 13 rings (SSSR count). The number of aromatic nitrogens is 3.